The molecule has 0 aliphatic carbocycles. The van der Waals surface area contributed by atoms with Crippen LogP contribution in [0.1, 0.15) is 5.56 Å². The van der Waals surface area contributed by atoms with Crippen molar-refractivity contribution in [3.63, 3.8) is 0 Å². The number of hydrogen-bond donors (Lipinski definition) is 1. The second-order valence-electron chi connectivity index (χ2n) is 2.61. The lowest BCUT2D eigenvalue weighted by atomic mass is 10.2. The van der Waals surface area contributed by atoms with Crippen LogP contribution in [0.4, 0.5) is 0 Å². The number of sulfone groups is 1. The molecule has 14 heavy (non-hydrogen) atoms. The van der Waals surface area contributed by atoms with Gasteiger partial charge in [0.05, 0.1) is 4.90 Å². The molecule has 1 aromatic carbocycles. The monoisotopic (exact) mass is 211 g/mol. The fraction of sp³-hybridized carbons (Fsp3) is 0.125. The molecule has 0 unspecified atom stereocenters. The van der Waals surface area contributed by atoms with Crippen LogP contribution < -0.4 is 5.73 Å². The first-order valence-electron chi connectivity index (χ1n) is 3.81. The highest BCUT2D eigenvalue weighted by molar-refractivity contribution is 8.04. The maximum Gasteiger partial charge on any atom is 0.374 e. The molecule has 1 rings (SSSR count). The summed E-state index contributed by atoms with van der Waals surface area (Å²) in [5.74, 6) is 0. The number of nitrogens with two attached hydrogens (primary N) is 1. The van der Waals surface area contributed by atoms with Crippen LogP contribution >= 0.6 is 0 Å². The molecule has 0 saturated carbocycles. The molecule has 0 heterocycles. The zero-order valence-corrected chi connectivity index (χ0v) is 8.11. The van der Waals surface area contributed by atoms with Crippen molar-refractivity contribution in [2.24, 2.45) is 5.73 Å². The molecule has 0 aliphatic heterocycles. The molecule has 0 aliphatic rings. The summed E-state index contributed by atoms with van der Waals surface area (Å²) in [7, 11) is -3.62. The van der Waals surface area contributed by atoms with Crippen molar-refractivity contribution in [1.82, 2.24) is 0 Å². The average Bonchev–Trinajstić information content (AvgIpc) is 2.18. The first-order valence-corrected chi connectivity index (χ1v) is 5.36. The van der Waals surface area contributed by atoms with Gasteiger partial charge in [0, 0.05) is 6.54 Å². The first-order chi connectivity index (χ1) is 6.60. The van der Waals surface area contributed by atoms with Crippen molar-refractivity contribution in [2.45, 2.75) is 11.4 Å². The zero-order valence-electron chi connectivity index (χ0n) is 7.29. The summed E-state index contributed by atoms with van der Waals surface area (Å²) in [5.41, 5.74) is 14.8. The van der Waals surface area contributed by atoms with E-state index >= 15 is 0 Å². The third-order valence-electron chi connectivity index (χ3n) is 1.67. The Morgan fingerprint density at radius 1 is 1.36 bits per heavy atom. The van der Waals surface area contributed by atoms with Gasteiger partial charge in [-0.1, -0.05) is 12.1 Å². The van der Waals surface area contributed by atoms with Gasteiger partial charge in [-0.15, -0.1) is 0 Å². The van der Waals surface area contributed by atoms with E-state index in [-0.39, 0.29) is 4.90 Å². The SMILES string of the molecule is [N-]=[N+]=CS(=O)(=O)c1ccc(CN)cc1. The predicted molar refractivity (Wildman–Crippen MR) is 51.2 cm³/mol. The Bertz CT molecular complexity index is 458. The lowest BCUT2D eigenvalue weighted by molar-refractivity contribution is 0.00754. The minimum atomic E-state index is -3.62. The minimum Gasteiger partial charge on any atom is -0.361 e. The molecule has 1 aromatic rings. The summed E-state index contributed by atoms with van der Waals surface area (Å²) in [4.78, 5) is 2.57. The largest absolute Gasteiger partial charge is 0.374 e. The molecule has 5 nitrogen and oxygen atoms in total. The molecular weight excluding hydrogens is 202 g/mol. The van der Waals surface area contributed by atoms with Crippen LogP contribution in [-0.4, -0.2) is 18.8 Å². The maximum atomic E-state index is 11.3. The van der Waals surface area contributed by atoms with Gasteiger partial charge in [0.2, 0.25) is 0 Å². The van der Waals surface area contributed by atoms with Gasteiger partial charge < -0.3 is 11.3 Å². The fourth-order valence-corrected chi connectivity index (χ4v) is 1.70. The van der Waals surface area contributed by atoms with Crippen LogP contribution in [0.25, 0.3) is 5.53 Å². The van der Waals surface area contributed by atoms with Crippen LogP contribution in [0.15, 0.2) is 29.2 Å². The Hall–Kier alpha value is -1.49. The first kappa shape index (κ1) is 10.6. The minimum absolute atomic E-state index is 0.0764. The van der Waals surface area contributed by atoms with E-state index in [0.717, 1.165) is 5.56 Å². The summed E-state index contributed by atoms with van der Waals surface area (Å²) in [6.45, 7) is 0.356. The van der Waals surface area contributed by atoms with Crippen molar-refractivity contribution < 1.29 is 13.2 Å². The third kappa shape index (κ3) is 2.26. The van der Waals surface area contributed by atoms with Gasteiger partial charge in [-0.3, -0.25) is 0 Å². The van der Waals surface area contributed by atoms with Crippen molar-refractivity contribution in [2.75, 3.05) is 0 Å². The van der Waals surface area contributed by atoms with Crippen molar-refractivity contribution in [1.29, 1.82) is 0 Å². The molecule has 0 spiro atoms. The van der Waals surface area contributed by atoms with Crippen LogP contribution in [0.5, 0.6) is 0 Å². The van der Waals surface area contributed by atoms with Crippen LogP contribution in [0, 0.1) is 0 Å². The summed E-state index contributed by atoms with van der Waals surface area (Å²) in [6, 6.07) is 6.05. The number of rotatable bonds is 3. The van der Waals surface area contributed by atoms with Gasteiger partial charge in [-0.2, -0.15) is 4.79 Å². The van der Waals surface area contributed by atoms with Crippen LogP contribution in [0.2, 0.25) is 0 Å². The predicted octanol–water partition coefficient (Wildman–Crippen LogP) is 0.177. The molecule has 6 heteroatoms. The number of nitrogens with zero attached hydrogens (tertiary/aromatic N) is 2. The van der Waals surface area contributed by atoms with E-state index < -0.39 is 9.84 Å². The second kappa shape index (κ2) is 4.15. The third-order valence-corrected chi connectivity index (χ3v) is 2.97. The normalized spacial score (nSPS) is 10.6. The summed E-state index contributed by atoms with van der Waals surface area (Å²) in [5, 5.41) is 0. The lowest BCUT2D eigenvalue weighted by Crippen LogP contribution is -2.03. The van der Waals surface area contributed by atoms with Gasteiger partial charge in [-0.05, 0) is 17.7 Å². The molecule has 0 fully saturated rings. The topological polar surface area (TPSA) is 96.6 Å². The Morgan fingerprint density at radius 3 is 2.36 bits per heavy atom. The van der Waals surface area contributed by atoms with E-state index in [9.17, 15) is 8.42 Å². The Morgan fingerprint density at radius 2 is 1.93 bits per heavy atom. The highest BCUT2D eigenvalue weighted by atomic mass is 32.2. The molecule has 0 radical (unpaired) electrons. The van der Waals surface area contributed by atoms with Gasteiger partial charge in [-0.25, -0.2) is 8.42 Å². The molecule has 0 amide bonds. The van der Waals surface area contributed by atoms with Crippen LogP contribution in [-0.2, 0) is 16.4 Å². The van der Waals surface area contributed by atoms with E-state index in [1.54, 1.807) is 12.1 Å². The number of hydrogen-bond acceptors (Lipinski definition) is 3. The number of benzene rings is 1. The van der Waals surface area contributed by atoms with Crippen molar-refractivity contribution in [3.8, 4) is 0 Å². The molecule has 0 bridgehead atoms. The summed E-state index contributed by atoms with van der Waals surface area (Å²) >= 11 is 0. The molecule has 2 N–H and O–H groups in total. The van der Waals surface area contributed by atoms with E-state index in [2.05, 4.69) is 4.79 Å². The maximum absolute atomic E-state index is 11.3. The summed E-state index contributed by atoms with van der Waals surface area (Å²) < 4.78 is 22.6. The van der Waals surface area contributed by atoms with Gasteiger partial charge in [0.15, 0.2) is 0 Å². The molecule has 0 aromatic heterocycles. The smallest absolute Gasteiger partial charge is 0.361 e. The highest BCUT2D eigenvalue weighted by Gasteiger charge is 2.15. The quantitative estimate of drug-likeness (QED) is 0.334. The van der Waals surface area contributed by atoms with Gasteiger partial charge in [0.25, 0.3) is 9.84 Å². The Balaban J connectivity index is 3.16. The van der Waals surface area contributed by atoms with E-state index in [4.69, 9.17) is 11.3 Å². The average molecular weight is 211 g/mol. The summed E-state index contributed by atoms with van der Waals surface area (Å²) in [6.07, 6.45) is 0. The Labute approximate surface area is 81.7 Å². The second-order valence-corrected chi connectivity index (χ2v) is 4.39. The fourth-order valence-electron chi connectivity index (χ4n) is 0.938. The lowest BCUT2D eigenvalue weighted by Gasteiger charge is -1.97. The van der Waals surface area contributed by atoms with E-state index in [1.165, 1.54) is 12.1 Å². The van der Waals surface area contributed by atoms with Crippen LogP contribution in [0.3, 0.4) is 0 Å². The molecule has 0 atom stereocenters. The van der Waals surface area contributed by atoms with Gasteiger partial charge in [0.1, 0.15) is 0 Å². The van der Waals surface area contributed by atoms with E-state index in [0.29, 0.717) is 12.1 Å². The highest BCUT2D eigenvalue weighted by Crippen LogP contribution is 2.09. The zero-order chi connectivity index (χ0) is 10.6. The molecular formula is C8H9N3O2S. The molecule has 0 saturated heterocycles. The van der Waals surface area contributed by atoms with Crippen molar-refractivity contribution in [3.05, 3.63) is 35.4 Å². The van der Waals surface area contributed by atoms with Crippen molar-refractivity contribution >= 4 is 15.4 Å². The molecule has 74 valence electrons. The van der Waals surface area contributed by atoms with Gasteiger partial charge >= 0.3 is 5.55 Å². The Kier molecular flexibility index (Phi) is 3.14. The van der Waals surface area contributed by atoms with E-state index in [1.807, 2.05) is 0 Å². The standard InChI is InChI=1S/C8H9N3O2S/c9-5-7-1-3-8(4-2-7)14(12,13)6-11-10/h1-4,6H,5,9H2.